The molecule has 0 saturated carbocycles. The minimum atomic E-state index is -0.317. The van der Waals surface area contributed by atoms with Gasteiger partial charge in [-0.2, -0.15) is 0 Å². The average molecular weight is 450 g/mol. The van der Waals surface area contributed by atoms with Gasteiger partial charge in [-0.1, -0.05) is 30.4 Å². The SMILES string of the molecule is CCc1ccc(N2CC(c3nnc(NC(=O)c4ccc(NC(C)=O)cc4)s3)CC2=O)cc1. The van der Waals surface area contributed by atoms with Gasteiger partial charge in [0.25, 0.3) is 5.91 Å². The first-order valence-corrected chi connectivity index (χ1v) is 11.2. The molecule has 0 radical (unpaired) electrons. The molecule has 4 rings (SSSR count). The molecule has 1 fully saturated rings. The summed E-state index contributed by atoms with van der Waals surface area (Å²) in [6.45, 7) is 4.06. The van der Waals surface area contributed by atoms with Crippen LogP contribution in [0.2, 0.25) is 0 Å². The number of carbonyl (C=O) groups is 3. The van der Waals surface area contributed by atoms with Crippen molar-refractivity contribution in [3.8, 4) is 0 Å². The van der Waals surface area contributed by atoms with Gasteiger partial charge in [0, 0.05) is 42.7 Å². The van der Waals surface area contributed by atoms with E-state index in [1.54, 1.807) is 29.2 Å². The van der Waals surface area contributed by atoms with Crippen molar-refractivity contribution in [3.05, 3.63) is 64.7 Å². The van der Waals surface area contributed by atoms with Gasteiger partial charge in [0.1, 0.15) is 5.01 Å². The molecule has 1 aromatic heterocycles. The van der Waals surface area contributed by atoms with Crippen LogP contribution in [-0.2, 0) is 16.0 Å². The molecule has 0 bridgehead atoms. The maximum absolute atomic E-state index is 12.6. The van der Waals surface area contributed by atoms with Crippen molar-refractivity contribution in [2.24, 2.45) is 0 Å². The summed E-state index contributed by atoms with van der Waals surface area (Å²) < 4.78 is 0. The van der Waals surface area contributed by atoms with E-state index < -0.39 is 0 Å². The Kier molecular flexibility index (Phi) is 6.27. The Labute approximate surface area is 189 Å². The molecular weight excluding hydrogens is 426 g/mol. The summed E-state index contributed by atoms with van der Waals surface area (Å²) >= 11 is 1.28. The fourth-order valence-electron chi connectivity index (χ4n) is 3.56. The molecule has 0 spiro atoms. The van der Waals surface area contributed by atoms with E-state index in [9.17, 15) is 14.4 Å². The van der Waals surface area contributed by atoms with Gasteiger partial charge < -0.3 is 10.2 Å². The molecule has 3 amide bonds. The van der Waals surface area contributed by atoms with Gasteiger partial charge in [-0.05, 0) is 48.4 Å². The number of aromatic nitrogens is 2. The molecule has 1 saturated heterocycles. The second-order valence-electron chi connectivity index (χ2n) is 7.58. The zero-order valence-corrected chi connectivity index (χ0v) is 18.6. The highest BCUT2D eigenvalue weighted by atomic mass is 32.1. The first-order valence-electron chi connectivity index (χ1n) is 10.3. The highest BCUT2D eigenvalue weighted by molar-refractivity contribution is 7.15. The van der Waals surface area contributed by atoms with Gasteiger partial charge >= 0.3 is 0 Å². The van der Waals surface area contributed by atoms with Gasteiger partial charge in [0.2, 0.25) is 16.9 Å². The molecule has 2 heterocycles. The molecule has 3 aromatic rings. The predicted molar refractivity (Wildman–Crippen MR) is 124 cm³/mol. The van der Waals surface area contributed by atoms with E-state index in [1.165, 1.54) is 23.8 Å². The number of hydrogen-bond acceptors (Lipinski definition) is 6. The van der Waals surface area contributed by atoms with E-state index >= 15 is 0 Å². The maximum atomic E-state index is 12.6. The van der Waals surface area contributed by atoms with Crippen LogP contribution < -0.4 is 15.5 Å². The van der Waals surface area contributed by atoms with E-state index in [-0.39, 0.29) is 23.6 Å². The highest BCUT2D eigenvalue weighted by Crippen LogP contribution is 2.34. The van der Waals surface area contributed by atoms with Crippen LogP contribution in [-0.4, -0.2) is 34.5 Å². The molecule has 2 N–H and O–H groups in total. The quantitative estimate of drug-likeness (QED) is 0.595. The van der Waals surface area contributed by atoms with Crippen LogP contribution in [0, 0.1) is 0 Å². The number of carbonyl (C=O) groups excluding carboxylic acids is 3. The Bertz CT molecular complexity index is 1140. The number of amides is 3. The van der Waals surface area contributed by atoms with E-state index in [0.717, 1.165) is 17.1 Å². The average Bonchev–Trinajstić information content (AvgIpc) is 3.40. The lowest BCUT2D eigenvalue weighted by molar-refractivity contribution is -0.117. The first-order chi connectivity index (χ1) is 15.4. The van der Waals surface area contributed by atoms with Crippen LogP contribution in [0.3, 0.4) is 0 Å². The van der Waals surface area contributed by atoms with Crippen LogP contribution in [0.1, 0.15) is 47.1 Å². The van der Waals surface area contributed by atoms with Crippen molar-refractivity contribution in [3.63, 3.8) is 0 Å². The summed E-state index contributed by atoms with van der Waals surface area (Å²) in [5.74, 6) is -0.500. The Morgan fingerprint density at radius 2 is 1.78 bits per heavy atom. The molecule has 1 unspecified atom stereocenters. The molecule has 1 aliphatic rings. The molecule has 1 atom stereocenters. The minimum absolute atomic E-state index is 0.0549. The third-order valence-corrected chi connectivity index (χ3v) is 6.26. The van der Waals surface area contributed by atoms with Crippen molar-refractivity contribution < 1.29 is 14.4 Å². The molecule has 1 aliphatic heterocycles. The Morgan fingerprint density at radius 3 is 2.44 bits per heavy atom. The second-order valence-corrected chi connectivity index (χ2v) is 8.59. The summed E-state index contributed by atoms with van der Waals surface area (Å²) in [4.78, 5) is 37.9. The maximum Gasteiger partial charge on any atom is 0.257 e. The number of hydrogen-bond donors (Lipinski definition) is 2. The summed E-state index contributed by atoms with van der Waals surface area (Å²) in [6.07, 6.45) is 1.32. The van der Waals surface area contributed by atoms with Crippen molar-refractivity contribution in [2.45, 2.75) is 32.6 Å². The fourth-order valence-corrected chi connectivity index (χ4v) is 4.39. The highest BCUT2D eigenvalue weighted by Gasteiger charge is 2.34. The Morgan fingerprint density at radius 1 is 1.06 bits per heavy atom. The first kappa shape index (κ1) is 21.6. The van der Waals surface area contributed by atoms with Gasteiger partial charge in [-0.25, -0.2) is 0 Å². The summed E-state index contributed by atoms with van der Waals surface area (Å²) in [5, 5.41) is 14.8. The standard InChI is InChI=1S/C23H23N5O3S/c1-3-15-4-10-19(11-5-15)28-13-17(12-20(28)30)22-26-27-23(32-22)25-21(31)16-6-8-18(9-7-16)24-14(2)29/h4-11,17H,3,12-13H2,1-2H3,(H,24,29)(H,25,27,31). The van der Waals surface area contributed by atoms with Gasteiger partial charge in [0.15, 0.2) is 0 Å². The third-order valence-electron chi connectivity index (χ3n) is 5.26. The fraction of sp³-hybridized carbons (Fsp3) is 0.261. The predicted octanol–water partition coefficient (Wildman–Crippen LogP) is 3.83. The number of rotatable bonds is 6. The molecular formula is C23H23N5O3S. The number of nitrogens with one attached hydrogen (secondary N) is 2. The molecule has 2 aromatic carbocycles. The van der Waals surface area contributed by atoms with Crippen LogP contribution in [0.15, 0.2) is 48.5 Å². The van der Waals surface area contributed by atoms with Crippen molar-refractivity contribution in [1.82, 2.24) is 10.2 Å². The van der Waals surface area contributed by atoms with Gasteiger partial charge in [-0.3, -0.25) is 19.7 Å². The zero-order chi connectivity index (χ0) is 22.7. The minimum Gasteiger partial charge on any atom is -0.326 e. The van der Waals surface area contributed by atoms with E-state index in [4.69, 9.17) is 0 Å². The van der Waals surface area contributed by atoms with Crippen LogP contribution in [0.4, 0.5) is 16.5 Å². The smallest absolute Gasteiger partial charge is 0.257 e. The lowest BCUT2D eigenvalue weighted by Crippen LogP contribution is -2.24. The molecule has 0 aliphatic carbocycles. The van der Waals surface area contributed by atoms with E-state index in [0.29, 0.717) is 29.3 Å². The summed E-state index contributed by atoms with van der Waals surface area (Å²) in [7, 11) is 0. The third kappa shape index (κ3) is 4.83. The molecule has 32 heavy (non-hydrogen) atoms. The summed E-state index contributed by atoms with van der Waals surface area (Å²) in [6, 6.07) is 14.6. The summed E-state index contributed by atoms with van der Waals surface area (Å²) in [5.41, 5.74) is 3.17. The van der Waals surface area contributed by atoms with Crippen LogP contribution >= 0.6 is 11.3 Å². The zero-order valence-electron chi connectivity index (χ0n) is 17.8. The number of anilines is 3. The van der Waals surface area contributed by atoms with Gasteiger partial charge in [0.05, 0.1) is 0 Å². The lowest BCUT2D eigenvalue weighted by atomic mass is 10.1. The monoisotopic (exact) mass is 449 g/mol. The van der Waals surface area contributed by atoms with Gasteiger partial charge in [-0.15, -0.1) is 10.2 Å². The largest absolute Gasteiger partial charge is 0.326 e. The van der Waals surface area contributed by atoms with Crippen molar-refractivity contribution in [2.75, 3.05) is 22.1 Å². The molecule has 9 heteroatoms. The van der Waals surface area contributed by atoms with Crippen LogP contribution in [0.25, 0.3) is 0 Å². The number of nitrogens with zero attached hydrogens (tertiary/aromatic N) is 3. The van der Waals surface area contributed by atoms with Crippen molar-refractivity contribution >= 4 is 45.6 Å². The number of benzene rings is 2. The second kappa shape index (κ2) is 9.27. The van der Waals surface area contributed by atoms with Crippen molar-refractivity contribution in [1.29, 1.82) is 0 Å². The van der Waals surface area contributed by atoms with E-state index in [2.05, 4.69) is 27.8 Å². The Hall–Kier alpha value is -3.59. The normalized spacial score (nSPS) is 15.6. The van der Waals surface area contributed by atoms with Crippen LogP contribution in [0.5, 0.6) is 0 Å². The molecule has 8 nitrogen and oxygen atoms in total. The topological polar surface area (TPSA) is 104 Å². The lowest BCUT2D eigenvalue weighted by Gasteiger charge is -2.16. The Balaban J connectivity index is 1.39. The van der Waals surface area contributed by atoms with E-state index in [1.807, 2.05) is 24.3 Å². The number of aryl methyl sites for hydroxylation is 1. The molecule has 164 valence electrons.